The fourth-order valence-corrected chi connectivity index (χ4v) is 4.49. The first-order valence-corrected chi connectivity index (χ1v) is 9.82. The highest BCUT2D eigenvalue weighted by Crippen LogP contribution is 2.31. The monoisotopic (exact) mass is 342 g/mol. The minimum atomic E-state index is 0.352. The van der Waals surface area contributed by atoms with Crippen LogP contribution in [0.5, 0.6) is 5.75 Å². The molecule has 4 nitrogen and oxygen atoms in total. The number of aromatic nitrogens is 1. The molecule has 25 heavy (non-hydrogen) atoms. The van der Waals surface area contributed by atoms with Crippen LogP contribution in [0.3, 0.4) is 0 Å². The maximum absolute atomic E-state index is 6.43. The van der Waals surface area contributed by atoms with E-state index in [1.54, 1.807) is 7.11 Å². The lowest BCUT2D eigenvalue weighted by molar-refractivity contribution is 0.0777. The molecular weight excluding hydrogens is 312 g/mol. The Bertz CT molecular complexity index is 682. The molecule has 2 aromatic rings. The molecular formula is C21H30N2O2. The smallest absolute Gasteiger partial charge is 0.129 e. The van der Waals surface area contributed by atoms with Crippen molar-refractivity contribution in [1.82, 2.24) is 9.47 Å². The molecule has 2 aliphatic rings. The van der Waals surface area contributed by atoms with Gasteiger partial charge >= 0.3 is 0 Å². The first-order chi connectivity index (χ1) is 12.3. The number of fused-ring (bicyclic) bond motifs is 1. The largest absolute Gasteiger partial charge is 0.490 e. The van der Waals surface area contributed by atoms with E-state index in [9.17, 15) is 0 Å². The number of hydrogen-bond acceptors (Lipinski definition) is 3. The van der Waals surface area contributed by atoms with Gasteiger partial charge in [-0.1, -0.05) is 18.9 Å². The fraction of sp³-hybridized carbons (Fsp3) is 0.619. The van der Waals surface area contributed by atoms with Gasteiger partial charge in [0.15, 0.2) is 0 Å². The number of ether oxygens (including phenoxy) is 2. The average molecular weight is 342 g/mol. The second-order valence-corrected chi connectivity index (χ2v) is 7.48. The summed E-state index contributed by atoms with van der Waals surface area (Å²) < 4.78 is 13.9. The molecule has 0 spiro atoms. The van der Waals surface area contributed by atoms with Crippen LogP contribution in [0, 0.1) is 0 Å². The van der Waals surface area contributed by atoms with E-state index in [4.69, 9.17) is 9.47 Å². The summed E-state index contributed by atoms with van der Waals surface area (Å²) in [6, 6.07) is 9.41. The van der Waals surface area contributed by atoms with Crippen LogP contribution >= 0.6 is 0 Å². The highest BCUT2D eigenvalue weighted by Gasteiger charge is 2.28. The summed E-state index contributed by atoms with van der Waals surface area (Å²) in [5.74, 6) is 1.04. The molecule has 0 N–H and O–H groups in total. The van der Waals surface area contributed by atoms with Crippen molar-refractivity contribution >= 4 is 10.9 Å². The molecule has 1 aromatic carbocycles. The molecule has 0 radical (unpaired) electrons. The molecule has 1 aliphatic carbocycles. The Morgan fingerprint density at radius 2 is 1.84 bits per heavy atom. The van der Waals surface area contributed by atoms with Crippen LogP contribution in [0.25, 0.3) is 10.9 Å². The van der Waals surface area contributed by atoms with Crippen molar-refractivity contribution in [3.63, 3.8) is 0 Å². The molecule has 1 aliphatic heterocycles. The van der Waals surface area contributed by atoms with Crippen LogP contribution in [0.2, 0.25) is 0 Å². The van der Waals surface area contributed by atoms with Crippen LogP contribution in [-0.2, 0) is 11.3 Å². The molecule has 2 heterocycles. The molecule has 0 atom stereocenters. The lowest BCUT2D eigenvalue weighted by Crippen LogP contribution is -2.43. The number of likely N-dealkylation sites (tertiary alicyclic amines) is 1. The zero-order chi connectivity index (χ0) is 17.1. The van der Waals surface area contributed by atoms with Gasteiger partial charge in [-0.2, -0.15) is 0 Å². The van der Waals surface area contributed by atoms with Crippen LogP contribution in [0.4, 0.5) is 0 Å². The summed E-state index contributed by atoms with van der Waals surface area (Å²) in [6.45, 7) is 4.00. The van der Waals surface area contributed by atoms with Gasteiger partial charge < -0.3 is 18.9 Å². The maximum Gasteiger partial charge on any atom is 0.129 e. The number of methoxy groups -OCH3 is 1. The van der Waals surface area contributed by atoms with Crippen molar-refractivity contribution in [2.75, 3.05) is 26.8 Å². The Balaban J connectivity index is 1.40. The third kappa shape index (κ3) is 3.70. The number of hydrogen-bond donors (Lipinski definition) is 0. The van der Waals surface area contributed by atoms with Gasteiger partial charge in [-0.25, -0.2) is 0 Å². The second-order valence-electron chi connectivity index (χ2n) is 7.48. The summed E-state index contributed by atoms with van der Waals surface area (Å²) in [6.07, 6.45) is 10.4. The summed E-state index contributed by atoms with van der Waals surface area (Å²) >= 11 is 0. The number of rotatable bonds is 6. The maximum atomic E-state index is 6.43. The minimum absolute atomic E-state index is 0.352. The molecule has 1 aromatic heterocycles. The highest BCUT2D eigenvalue weighted by atomic mass is 16.5. The van der Waals surface area contributed by atoms with E-state index >= 15 is 0 Å². The molecule has 0 amide bonds. The van der Waals surface area contributed by atoms with E-state index in [0.717, 1.165) is 37.8 Å². The van der Waals surface area contributed by atoms with Crippen LogP contribution in [0.1, 0.15) is 38.5 Å². The van der Waals surface area contributed by atoms with Crippen molar-refractivity contribution in [2.24, 2.45) is 0 Å². The number of piperidine rings is 1. The van der Waals surface area contributed by atoms with Crippen LogP contribution < -0.4 is 4.74 Å². The quantitative estimate of drug-likeness (QED) is 0.791. The first kappa shape index (κ1) is 16.9. The Kier molecular flexibility index (Phi) is 5.28. The predicted molar refractivity (Wildman–Crippen MR) is 101 cm³/mol. The van der Waals surface area contributed by atoms with E-state index in [-0.39, 0.29) is 0 Å². The molecule has 2 fully saturated rings. The Hall–Kier alpha value is -1.52. The third-order valence-electron chi connectivity index (χ3n) is 5.92. The molecule has 0 unspecified atom stereocenters. The molecule has 1 saturated carbocycles. The van der Waals surface area contributed by atoms with Crippen LogP contribution in [0.15, 0.2) is 30.5 Å². The Morgan fingerprint density at radius 1 is 1.04 bits per heavy atom. The standard InChI is InChI=1S/C21H30N2O2/c1-24-16-15-23-14-11-19-20(23)7-4-8-21(19)25-18-9-12-22(13-10-18)17-5-2-3-6-17/h4,7-8,11,14,17-18H,2-3,5-6,9-10,12-13,15-16H2,1H3. The topological polar surface area (TPSA) is 26.6 Å². The number of nitrogens with zero attached hydrogens (tertiary/aromatic N) is 2. The first-order valence-electron chi connectivity index (χ1n) is 9.82. The van der Waals surface area contributed by atoms with Crippen molar-refractivity contribution in [1.29, 1.82) is 0 Å². The molecule has 0 bridgehead atoms. The zero-order valence-electron chi connectivity index (χ0n) is 15.3. The second kappa shape index (κ2) is 7.79. The summed E-state index contributed by atoms with van der Waals surface area (Å²) in [4.78, 5) is 2.70. The Morgan fingerprint density at radius 3 is 2.60 bits per heavy atom. The molecule has 4 heteroatoms. The van der Waals surface area contributed by atoms with E-state index in [0.29, 0.717) is 6.10 Å². The predicted octanol–water partition coefficient (Wildman–Crippen LogP) is 4.07. The summed E-state index contributed by atoms with van der Waals surface area (Å²) in [7, 11) is 1.75. The van der Waals surface area contributed by atoms with Gasteiger partial charge in [-0.05, 0) is 43.9 Å². The van der Waals surface area contributed by atoms with E-state index < -0.39 is 0 Å². The summed E-state index contributed by atoms with van der Waals surface area (Å²) in [5.41, 5.74) is 1.23. The summed E-state index contributed by atoms with van der Waals surface area (Å²) in [5, 5.41) is 1.22. The highest BCUT2D eigenvalue weighted by molar-refractivity contribution is 5.86. The molecule has 136 valence electrons. The SMILES string of the molecule is COCCn1ccc2c(OC3CCN(C4CCCC4)CC3)cccc21. The van der Waals surface area contributed by atoms with Gasteiger partial charge in [0, 0.05) is 44.4 Å². The minimum Gasteiger partial charge on any atom is -0.490 e. The van der Waals surface area contributed by atoms with Crippen LogP contribution in [-0.4, -0.2) is 48.4 Å². The normalized spacial score (nSPS) is 20.5. The van der Waals surface area contributed by atoms with Crippen molar-refractivity contribution in [3.8, 4) is 5.75 Å². The molecule has 1 saturated heterocycles. The van der Waals surface area contributed by atoms with E-state index in [1.807, 2.05) is 0 Å². The van der Waals surface area contributed by atoms with Gasteiger partial charge in [0.05, 0.1) is 12.1 Å². The van der Waals surface area contributed by atoms with Crippen molar-refractivity contribution in [2.45, 2.75) is 57.2 Å². The average Bonchev–Trinajstić information content (AvgIpc) is 3.31. The lowest BCUT2D eigenvalue weighted by Gasteiger charge is -2.36. The third-order valence-corrected chi connectivity index (χ3v) is 5.92. The van der Waals surface area contributed by atoms with Gasteiger partial charge in [0.1, 0.15) is 11.9 Å². The zero-order valence-corrected chi connectivity index (χ0v) is 15.3. The number of benzene rings is 1. The van der Waals surface area contributed by atoms with E-state index in [2.05, 4.69) is 39.9 Å². The van der Waals surface area contributed by atoms with Gasteiger partial charge in [0.2, 0.25) is 0 Å². The van der Waals surface area contributed by atoms with Gasteiger partial charge in [0.25, 0.3) is 0 Å². The van der Waals surface area contributed by atoms with Crippen molar-refractivity contribution < 1.29 is 9.47 Å². The van der Waals surface area contributed by atoms with E-state index in [1.165, 1.54) is 49.7 Å². The Labute approximate surface area is 150 Å². The van der Waals surface area contributed by atoms with Gasteiger partial charge in [-0.15, -0.1) is 0 Å². The lowest BCUT2D eigenvalue weighted by atomic mass is 10.0. The van der Waals surface area contributed by atoms with Crippen molar-refractivity contribution in [3.05, 3.63) is 30.5 Å². The molecule has 4 rings (SSSR count). The van der Waals surface area contributed by atoms with Gasteiger partial charge in [-0.3, -0.25) is 0 Å². The fourth-order valence-electron chi connectivity index (χ4n) is 4.49.